The Morgan fingerprint density at radius 2 is 2.12 bits per heavy atom. The van der Waals surface area contributed by atoms with E-state index in [-0.39, 0.29) is 5.15 Å². The Kier molecular flexibility index (Phi) is 3.46. The summed E-state index contributed by atoms with van der Waals surface area (Å²) in [6, 6.07) is 7.06. The van der Waals surface area contributed by atoms with Crippen LogP contribution in [0, 0.1) is 0 Å². The molecule has 0 unspecified atom stereocenters. The van der Waals surface area contributed by atoms with Crippen molar-refractivity contribution in [3.63, 3.8) is 0 Å². The standard InChI is InChI=1S/C10H7ClN4OS/c11-9-8(5-16)17-10(13-9)15-14-7-4-2-1-3-6(7)12/h1-5H,12H2. The van der Waals surface area contributed by atoms with Gasteiger partial charge in [-0.25, -0.2) is 4.98 Å². The van der Waals surface area contributed by atoms with Gasteiger partial charge in [0.25, 0.3) is 0 Å². The summed E-state index contributed by atoms with van der Waals surface area (Å²) in [7, 11) is 0. The monoisotopic (exact) mass is 266 g/mol. The third-order valence-electron chi connectivity index (χ3n) is 1.89. The average molecular weight is 267 g/mol. The molecule has 2 N–H and O–H groups in total. The predicted octanol–water partition coefficient (Wildman–Crippen LogP) is 3.61. The predicted molar refractivity (Wildman–Crippen MR) is 67.5 cm³/mol. The molecule has 1 aromatic heterocycles. The largest absolute Gasteiger partial charge is 0.397 e. The maximum atomic E-state index is 10.6. The van der Waals surface area contributed by atoms with Gasteiger partial charge in [-0.2, -0.15) is 0 Å². The summed E-state index contributed by atoms with van der Waals surface area (Å²) >= 11 is 6.77. The molecule has 0 amide bonds. The van der Waals surface area contributed by atoms with Crippen molar-refractivity contribution in [1.82, 2.24) is 4.98 Å². The second kappa shape index (κ2) is 5.03. The quantitative estimate of drug-likeness (QED) is 0.523. The van der Waals surface area contributed by atoms with Crippen LogP contribution in [0.5, 0.6) is 0 Å². The molecular weight excluding hydrogens is 260 g/mol. The number of benzene rings is 1. The number of nitrogen functional groups attached to an aromatic ring is 1. The van der Waals surface area contributed by atoms with Gasteiger partial charge in [-0.1, -0.05) is 35.1 Å². The summed E-state index contributed by atoms with van der Waals surface area (Å²) in [6.07, 6.45) is 0.635. The number of hydrogen-bond donors (Lipinski definition) is 1. The zero-order valence-electron chi connectivity index (χ0n) is 8.50. The van der Waals surface area contributed by atoms with Crippen molar-refractivity contribution in [2.45, 2.75) is 0 Å². The second-order valence-corrected chi connectivity index (χ2v) is 4.40. The summed E-state index contributed by atoms with van der Waals surface area (Å²) in [6.45, 7) is 0. The lowest BCUT2D eigenvalue weighted by Gasteiger charge is -1.95. The first-order chi connectivity index (χ1) is 8.20. The number of aromatic nitrogens is 1. The summed E-state index contributed by atoms with van der Waals surface area (Å²) in [5.41, 5.74) is 6.76. The Labute approximate surface area is 106 Å². The fraction of sp³-hybridized carbons (Fsp3) is 0. The Morgan fingerprint density at radius 1 is 1.35 bits per heavy atom. The highest BCUT2D eigenvalue weighted by atomic mass is 35.5. The SMILES string of the molecule is Nc1ccccc1N=Nc1nc(Cl)c(C=O)s1. The van der Waals surface area contributed by atoms with Crippen molar-refractivity contribution in [2.24, 2.45) is 10.2 Å². The van der Waals surface area contributed by atoms with Gasteiger partial charge in [0.15, 0.2) is 11.4 Å². The highest BCUT2D eigenvalue weighted by Gasteiger charge is 2.07. The highest BCUT2D eigenvalue weighted by molar-refractivity contribution is 7.17. The van der Waals surface area contributed by atoms with Crippen LogP contribution in [0.15, 0.2) is 34.5 Å². The van der Waals surface area contributed by atoms with Crippen molar-refractivity contribution in [1.29, 1.82) is 0 Å². The number of azo groups is 1. The summed E-state index contributed by atoms with van der Waals surface area (Å²) in [5.74, 6) is 0. The van der Waals surface area contributed by atoms with Gasteiger partial charge in [0, 0.05) is 0 Å². The molecular formula is C10H7ClN4OS. The molecule has 2 rings (SSSR count). The first-order valence-electron chi connectivity index (χ1n) is 4.58. The average Bonchev–Trinajstić information content (AvgIpc) is 2.69. The molecule has 7 heteroatoms. The molecule has 0 bridgehead atoms. The number of hydrogen-bond acceptors (Lipinski definition) is 6. The maximum absolute atomic E-state index is 10.6. The van der Waals surface area contributed by atoms with E-state index in [4.69, 9.17) is 17.3 Å². The van der Waals surface area contributed by atoms with Crippen LogP contribution >= 0.6 is 22.9 Å². The molecule has 0 atom stereocenters. The van der Waals surface area contributed by atoms with Crippen LogP contribution < -0.4 is 5.73 Å². The van der Waals surface area contributed by atoms with Crippen LogP contribution in [0.1, 0.15) is 9.67 Å². The number of halogens is 1. The molecule has 0 aliphatic carbocycles. The Morgan fingerprint density at radius 3 is 2.76 bits per heavy atom. The highest BCUT2D eigenvalue weighted by Crippen LogP contribution is 2.29. The van der Waals surface area contributed by atoms with Crippen LogP contribution in [-0.2, 0) is 0 Å². The number of carbonyl (C=O) groups is 1. The molecule has 0 radical (unpaired) electrons. The zero-order valence-corrected chi connectivity index (χ0v) is 10.1. The van der Waals surface area contributed by atoms with Crippen LogP contribution in [-0.4, -0.2) is 11.3 Å². The van der Waals surface area contributed by atoms with Crippen molar-refractivity contribution < 1.29 is 4.79 Å². The van der Waals surface area contributed by atoms with E-state index in [1.54, 1.807) is 24.3 Å². The molecule has 2 aromatic rings. The van der Waals surface area contributed by atoms with E-state index in [2.05, 4.69) is 15.2 Å². The minimum Gasteiger partial charge on any atom is -0.397 e. The fourth-order valence-electron chi connectivity index (χ4n) is 1.09. The van der Waals surface area contributed by atoms with Crippen LogP contribution in [0.25, 0.3) is 0 Å². The van der Waals surface area contributed by atoms with Gasteiger partial charge in [-0.05, 0) is 12.1 Å². The number of para-hydroxylation sites is 1. The van der Waals surface area contributed by atoms with Crippen LogP contribution in [0.4, 0.5) is 16.5 Å². The molecule has 0 saturated heterocycles. The number of nitrogens with two attached hydrogens (primary N) is 1. The van der Waals surface area contributed by atoms with E-state index in [0.717, 1.165) is 11.3 Å². The summed E-state index contributed by atoms with van der Waals surface area (Å²) in [5, 5.41) is 8.27. The Hall–Kier alpha value is -1.79. The van der Waals surface area contributed by atoms with Gasteiger partial charge in [0.05, 0.1) is 5.69 Å². The van der Waals surface area contributed by atoms with E-state index in [1.165, 1.54) is 0 Å². The first kappa shape index (κ1) is 11.7. The van der Waals surface area contributed by atoms with Crippen molar-refractivity contribution in [3.05, 3.63) is 34.3 Å². The molecule has 0 saturated carbocycles. The molecule has 17 heavy (non-hydrogen) atoms. The lowest BCUT2D eigenvalue weighted by Crippen LogP contribution is -1.82. The Balaban J connectivity index is 2.26. The third-order valence-corrected chi connectivity index (χ3v) is 3.15. The lowest BCUT2D eigenvalue weighted by molar-refractivity contribution is 0.112. The van der Waals surface area contributed by atoms with E-state index in [1.807, 2.05) is 0 Å². The topological polar surface area (TPSA) is 80.7 Å². The molecule has 0 spiro atoms. The molecule has 0 aliphatic rings. The van der Waals surface area contributed by atoms with Gasteiger partial charge in [0.1, 0.15) is 10.6 Å². The maximum Gasteiger partial charge on any atom is 0.232 e. The smallest absolute Gasteiger partial charge is 0.232 e. The van der Waals surface area contributed by atoms with E-state index < -0.39 is 0 Å². The molecule has 1 aromatic carbocycles. The molecule has 0 fully saturated rings. The first-order valence-corrected chi connectivity index (χ1v) is 5.78. The van der Waals surface area contributed by atoms with E-state index in [0.29, 0.717) is 27.7 Å². The van der Waals surface area contributed by atoms with Crippen molar-refractivity contribution in [3.8, 4) is 0 Å². The van der Waals surface area contributed by atoms with Gasteiger partial charge >= 0.3 is 0 Å². The fourth-order valence-corrected chi connectivity index (χ4v) is 1.98. The van der Waals surface area contributed by atoms with Crippen molar-refractivity contribution in [2.75, 3.05) is 5.73 Å². The minimum atomic E-state index is 0.139. The minimum absolute atomic E-state index is 0.139. The van der Waals surface area contributed by atoms with Gasteiger partial charge in [0.2, 0.25) is 5.13 Å². The molecule has 5 nitrogen and oxygen atoms in total. The molecule has 86 valence electrons. The summed E-state index contributed by atoms with van der Waals surface area (Å²) < 4.78 is 0. The molecule has 1 heterocycles. The molecule has 0 aliphatic heterocycles. The number of nitrogens with zero attached hydrogens (tertiary/aromatic N) is 3. The lowest BCUT2D eigenvalue weighted by atomic mass is 10.3. The Bertz CT molecular complexity index is 581. The number of carbonyl (C=O) groups excluding carboxylic acids is 1. The third kappa shape index (κ3) is 2.66. The van der Waals surface area contributed by atoms with Gasteiger partial charge in [-0.15, -0.1) is 10.2 Å². The number of rotatable bonds is 3. The van der Waals surface area contributed by atoms with Crippen LogP contribution in [0.3, 0.4) is 0 Å². The summed E-state index contributed by atoms with van der Waals surface area (Å²) in [4.78, 5) is 14.8. The number of thiazole rings is 1. The zero-order chi connectivity index (χ0) is 12.3. The van der Waals surface area contributed by atoms with E-state index >= 15 is 0 Å². The number of anilines is 1. The van der Waals surface area contributed by atoms with Gasteiger partial charge in [-0.3, -0.25) is 4.79 Å². The second-order valence-electron chi connectivity index (χ2n) is 3.03. The van der Waals surface area contributed by atoms with Crippen molar-refractivity contribution >= 4 is 45.7 Å². The van der Waals surface area contributed by atoms with Gasteiger partial charge < -0.3 is 5.73 Å². The van der Waals surface area contributed by atoms with E-state index in [9.17, 15) is 4.79 Å². The van der Waals surface area contributed by atoms with Crippen LogP contribution in [0.2, 0.25) is 5.15 Å². The normalized spacial score (nSPS) is 10.9. The number of aldehydes is 1.